The molecule has 88 valence electrons. The molecule has 1 aromatic carbocycles. The van der Waals surface area contributed by atoms with Gasteiger partial charge in [-0.25, -0.2) is 9.97 Å². The minimum atomic E-state index is 0.734. The van der Waals surface area contributed by atoms with Crippen molar-refractivity contribution in [3.63, 3.8) is 0 Å². The Kier molecular flexibility index (Phi) is 4.07. The number of rotatable bonds is 4. The highest BCUT2D eigenvalue weighted by atomic mass is 35.5. The molecule has 4 heteroatoms. The zero-order valence-electron chi connectivity index (χ0n) is 9.65. The summed E-state index contributed by atoms with van der Waals surface area (Å²) >= 11 is 5.86. The van der Waals surface area contributed by atoms with E-state index in [0.29, 0.717) is 0 Å². The van der Waals surface area contributed by atoms with Crippen molar-refractivity contribution in [3.8, 4) is 11.3 Å². The van der Waals surface area contributed by atoms with E-state index in [1.54, 1.807) is 6.20 Å². The number of nitrogens with zero attached hydrogens (tertiary/aromatic N) is 2. The summed E-state index contributed by atoms with van der Waals surface area (Å²) in [4.78, 5) is 8.76. The molecule has 17 heavy (non-hydrogen) atoms. The maximum absolute atomic E-state index is 5.86. The Hall–Kier alpha value is -1.45. The zero-order valence-corrected chi connectivity index (χ0v) is 10.4. The van der Waals surface area contributed by atoms with E-state index in [1.807, 2.05) is 37.4 Å². The largest absolute Gasteiger partial charge is 0.319 e. The fourth-order valence-corrected chi connectivity index (χ4v) is 1.66. The van der Waals surface area contributed by atoms with Crippen LogP contribution in [0.1, 0.15) is 5.82 Å². The van der Waals surface area contributed by atoms with Crippen molar-refractivity contribution < 1.29 is 0 Å². The maximum atomic E-state index is 5.86. The van der Waals surface area contributed by atoms with Crippen LogP contribution >= 0.6 is 11.6 Å². The molecule has 0 spiro atoms. The number of halogens is 1. The lowest BCUT2D eigenvalue weighted by molar-refractivity contribution is 0.756. The smallest absolute Gasteiger partial charge is 0.130 e. The van der Waals surface area contributed by atoms with E-state index in [2.05, 4.69) is 15.3 Å². The van der Waals surface area contributed by atoms with Crippen molar-refractivity contribution in [3.05, 3.63) is 47.4 Å². The van der Waals surface area contributed by atoms with Gasteiger partial charge in [-0.2, -0.15) is 0 Å². The van der Waals surface area contributed by atoms with Crippen molar-refractivity contribution in [2.45, 2.75) is 6.42 Å². The highest BCUT2D eigenvalue weighted by Crippen LogP contribution is 2.19. The molecule has 2 aromatic rings. The van der Waals surface area contributed by atoms with Gasteiger partial charge in [0.15, 0.2) is 0 Å². The van der Waals surface area contributed by atoms with E-state index in [9.17, 15) is 0 Å². The average Bonchev–Trinajstić information content (AvgIpc) is 2.37. The molecule has 0 saturated heterocycles. The van der Waals surface area contributed by atoms with Crippen molar-refractivity contribution in [1.82, 2.24) is 15.3 Å². The van der Waals surface area contributed by atoms with Crippen LogP contribution in [0.3, 0.4) is 0 Å². The van der Waals surface area contributed by atoms with Gasteiger partial charge in [0, 0.05) is 29.7 Å². The quantitative estimate of drug-likeness (QED) is 0.902. The molecule has 0 radical (unpaired) electrons. The normalized spacial score (nSPS) is 10.5. The van der Waals surface area contributed by atoms with E-state index in [0.717, 1.165) is 35.1 Å². The van der Waals surface area contributed by atoms with Crippen LogP contribution < -0.4 is 5.32 Å². The van der Waals surface area contributed by atoms with Gasteiger partial charge in [0.25, 0.3) is 0 Å². The summed E-state index contributed by atoms with van der Waals surface area (Å²) in [6.45, 7) is 0.879. The summed E-state index contributed by atoms with van der Waals surface area (Å²) in [7, 11) is 1.92. The van der Waals surface area contributed by atoms with E-state index in [1.165, 1.54) is 0 Å². The number of hydrogen-bond donors (Lipinski definition) is 1. The second-order valence-corrected chi connectivity index (χ2v) is 4.15. The molecule has 1 aromatic heterocycles. The monoisotopic (exact) mass is 247 g/mol. The first-order valence-electron chi connectivity index (χ1n) is 5.52. The molecule has 0 aliphatic heterocycles. The Labute approximate surface area is 106 Å². The second kappa shape index (κ2) is 5.75. The van der Waals surface area contributed by atoms with Crippen molar-refractivity contribution in [2.75, 3.05) is 13.6 Å². The fraction of sp³-hybridized carbons (Fsp3) is 0.231. The molecule has 1 heterocycles. The van der Waals surface area contributed by atoms with E-state index in [-0.39, 0.29) is 0 Å². The second-order valence-electron chi connectivity index (χ2n) is 3.72. The topological polar surface area (TPSA) is 37.8 Å². The van der Waals surface area contributed by atoms with Gasteiger partial charge in [0.2, 0.25) is 0 Å². The molecule has 1 N–H and O–H groups in total. The van der Waals surface area contributed by atoms with Crippen LogP contribution in [0.2, 0.25) is 5.02 Å². The first-order chi connectivity index (χ1) is 8.29. The van der Waals surface area contributed by atoms with Gasteiger partial charge in [-0.15, -0.1) is 0 Å². The molecule has 0 unspecified atom stereocenters. The lowest BCUT2D eigenvalue weighted by Crippen LogP contribution is -2.12. The van der Waals surface area contributed by atoms with E-state index < -0.39 is 0 Å². The van der Waals surface area contributed by atoms with Gasteiger partial charge in [-0.1, -0.05) is 23.7 Å². The Morgan fingerprint density at radius 2 is 1.94 bits per heavy atom. The van der Waals surface area contributed by atoms with Gasteiger partial charge in [-0.05, 0) is 25.2 Å². The predicted octanol–water partition coefficient (Wildman–Crippen LogP) is 2.56. The van der Waals surface area contributed by atoms with Crippen LogP contribution in [0.4, 0.5) is 0 Å². The number of benzene rings is 1. The highest BCUT2D eigenvalue weighted by molar-refractivity contribution is 6.30. The van der Waals surface area contributed by atoms with Crippen LogP contribution in [0, 0.1) is 0 Å². The number of aromatic nitrogens is 2. The van der Waals surface area contributed by atoms with Crippen LogP contribution in [0.5, 0.6) is 0 Å². The Bertz CT molecular complexity index is 482. The van der Waals surface area contributed by atoms with Crippen LogP contribution in [0.15, 0.2) is 36.5 Å². The molecule has 0 aliphatic rings. The maximum Gasteiger partial charge on any atom is 0.130 e. The summed E-state index contributed by atoms with van der Waals surface area (Å²) in [6, 6.07) is 9.57. The molecule has 0 aliphatic carbocycles. The van der Waals surface area contributed by atoms with Gasteiger partial charge in [-0.3, -0.25) is 0 Å². The molecule has 0 fully saturated rings. The third-order valence-electron chi connectivity index (χ3n) is 2.44. The molecular formula is C13H14ClN3. The van der Waals surface area contributed by atoms with Gasteiger partial charge >= 0.3 is 0 Å². The van der Waals surface area contributed by atoms with E-state index >= 15 is 0 Å². The Morgan fingerprint density at radius 1 is 1.18 bits per heavy atom. The molecule has 2 rings (SSSR count). The lowest BCUT2D eigenvalue weighted by atomic mass is 10.1. The van der Waals surface area contributed by atoms with Crippen molar-refractivity contribution in [1.29, 1.82) is 0 Å². The number of nitrogens with one attached hydrogen (secondary N) is 1. The highest BCUT2D eigenvalue weighted by Gasteiger charge is 2.01. The molecule has 3 nitrogen and oxygen atoms in total. The number of likely N-dealkylation sites (N-methyl/N-ethyl adjacent to an activating group) is 1. The SMILES string of the molecule is CNCCc1nccc(-c2ccc(Cl)cc2)n1. The minimum Gasteiger partial charge on any atom is -0.319 e. The summed E-state index contributed by atoms with van der Waals surface area (Å²) in [5.74, 6) is 0.854. The third-order valence-corrected chi connectivity index (χ3v) is 2.70. The zero-order chi connectivity index (χ0) is 12.1. The first kappa shape index (κ1) is 12.0. The van der Waals surface area contributed by atoms with Gasteiger partial charge < -0.3 is 5.32 Å². The summed E-state index contributed by atoms with van der Waals surface area (Å²) in [5, 5.41) is 3.82. The van der Waals surface area contributed by atoms with E-state index in [4.69, 9.17) is 11.6 Å². The van der Waals surface area contributed by atoms with Crippen molar-refractivity contribution >= 4 is 11.6 Å². The average molecular weight is 248 g/mol. The molecular weight excluding hydrogens is 234 g/mol. The van der Waals surface area contributed by atoms with Gasteiger partial charge in [0.1, 0.15) is 5.82 Å². The van der Waals surface area contributed by atoms with Crippen LogP contribution in [-0.4, -0.2) is 23.6 Å². The first-order valence-corrected chi connectivity index (χ1v) is 5.90. The third kappa shape index (κ3) is 3.25. The van der Waals surface area contributed by atoms with Crippen molar-refractivity contribution in [2.24, 2.45) is 0 Å². The lowest BCUT2D eigenvalue weighted by Gasteiger charge is -2.04. The molecule has 0 amide bonds. The number of hydrogen-bond acceptors (Lipinski definition) is 3. The van der Waals surface area contributed by atoms with Gasteiger partial charge in [0.05, 0.1) is 5.69 Å². The summed E-state index contributed by atoms with van der Waals surface area (Å²) in [6.07, 6.45) is 2.62. The van der Waals surface area contributed by atoms with Crippen LogP contribution in [0.25, 0.3) is 11.3 Å². The summed E-state index contributed by atoms with van der Waals surface area (Å²) in [5.41, 5.74) is 1.99. The molecule has 0 saturated carbocycles. The Morgan fingerprint density at radius 3 is 2.65 bits per heavy atom. The minimum absolute atomic E-state index is 0.734. The standard InChI is InChI=1S/C13H14ClN3/c1-15-8-7-13-16-9-6-12(17-13)10-2-4-11(14)5-3-10/h2-6,9,15H,7-8H2,1H3. The predicted molar refractivity (Wildman–Crippen MR) is 70.1 cm³/mol. The summed E-state index contributed by atoms with van der Waals surface area (Å²) < 4.78 is 0. The molecule has 0 bridgehead atoms. The molecule has 0 atom stereocenters. The fourth-order valence-electron chi connectivity index (χ4n) is 1.54. The van der Waals surface area contributed by atoms with Crippen LogP contribution in [-0.2, 0) is 6.42 Å². The Balaban J connectivity index is 2.23.